The van der Waals surface area contributed by atoms with Crippen LogP contribution >= 0.6 is 0 Å². The summed E-state index contributed by atoms with van der Waals surface area (Å²) in [6, 6.07) is 12.4. The average Bonchev–Trinajstić information content (AvgIpc) is 2.70. The number of methoxy groups -OCH3 is 1. The van der Waals surface area contributed by atoms with Gasteiger partial charge in [0, 0.05) is 22.9 Å². The minimum atomic E-state index is -5.00. The van der Waals surface area contributed by atoms with Crippen LogP contribution in [0.5, 0.6) is 5.75 Å². The maximum absolute atomic E-state index is 14.0. The largest absolute Gasteiger partial charge is 0.493 e. The van der Waals surface area contributed by atoms with Crippen LogP contribution in [0.15, 0.2) is 53.5 Å². The van der Waals surface area contributed by atoms with Gasteiger partial charge in [0.05, 0.1) is 18.3 Å². The normalized spacial score (nSPS) is 15.2. The van der Waals surface area contributed by atoms with E-state index in [9.17, 15) is 22.7 Å². The summed E-state index contributed by atoms with van der Waals surface area (Å²) in [7, 11) is 1.24. The van der Waals surface area contributed by atoms with Crippen molar-refractivity contribution < 1.29 is 27.4 Å². The Bertz CT molecular complexity index is 1110. The van der Waals surface area contributed by atoms with Gasteiger partial charge in [-0.25, -0.2) is 4.39 Å². The number of halogens is 4. The van der Waals surface area contributed by atoms with Gasteiger partial charge >= 0.3 is 6.18 Å². The lowest BCUT2D eigenvalue weighted by Crippen LogP contribution is -2.47. The van der Waals surface area contributed by atoms with Crippen molar-refractivity contribution >= 4 is 22.8 Å². The molecule has 0 radical (unpaired) electrons. The second-order valence-electron chi connectivity index (χ2n) is 7.44. The molecule has 8 heteroatoms. The summed E-state index contributed by atoms with van der Waals surface area (Å²) in [5, 5.41) is 11.1. The van der Waals surface area contributed by atoms with E-state index in [1.165, 1.54) is 26.2 Å². The molecule has 1 aromatic heterocycles. The number of ether oxygens (including phenoxy) is 1. The molecule has 3 rings (SSSR count). The molecule has 0 fully saturated rings. The SMILES string of the molecule is COc1c(F)cccc1C(C)CC(O)(C=Nc1cccc2nc(C)ccc12)C(F)(F)F. The van der Waals surface area contributed by atoms with E-state index in [2.05, 4.69) is 9.98 Å². The Hall–Kier alpha value is -3.00. The molecular weight excluding hydrogens is 412 g/mol. The number of pyridine rings is 1. The van der Waals surface area contributed by atoms with Gasteiger partial charge < -0.3 is 9.84 Å². The Balaban J connectivity index is 1.98. The number of fused-ring (bicyclic) bond motifs is 1. The van der Waals surface area contributed by atoms with Gasteiger partial charge in [-0.2, -0.15) is 13.2 Å². The maximum atomic E-state index is 14.0. The smallest absolute Gasteiger partial charge is 0.422 e. The zero-order valence-corrected chi connectivity index (χ0v) is 17.2. The third kappa shape index (κ3) is 4.69. The summed E-state index contributed by atoms with van der Waals surface area (Å²) in [6.45, 7) is 3.27. The van der Waals surface area contributed by atoms with Gasteiger partial charge in [-0.1, -0.05) is 25.1 Å². The molecule has 0 saturated heterocycles. The Kier molecular flexibility index (Phi) is 6.31. The lowest BCUT2D eigenvalue weighted by Gasteiger charge is -2.30. The monoisotopic (exact) mass is 434 g/mol. The first-order valence-corrected chi connectivity index (χ1v) is 9.59. The summed E-state index contributed by atoms with van der Waals surface area (Å²) in [5.41, 5.74) is -1.40. The van der Waals surface area contributed by atoms with Crippen molar-refractivity contribution in [3.05, 3.63) is 65.6 Å². The molecule has 164 valence electrons. The fourth-order valence-corrected chi connectivity index (χ4v) is 3.48. The molecule has 0 saturated carbocycles. The minimum Gasteiger partial charge on any atom is -0.493 e. The molecule has 2 aromatic carbocycles. The molecule has 0 aliphatic rings. The second kappa shape index (κ2) is 8.63. The highest BCUT2D eigenvalue weighted by Crippen LogP contribution is 2.40. The van der Waals surface area contributed by atoms with Crippen LogP contribution < -0.4 is 4.74 Å². The van der Waals surface area contributed by atoms with Crippen molar-refractivity contribution in [2.75, 3.05) is 7.11 Å². The summed E-state index contributed by atoms with van der Waals surface area (Å²) in [4.78, 5) is 8.31. The van der Waals surface area contributed by atoms with Gasteiger partial charge in [-0.05, 0) is 49.6 Å². The quantitative estimate of drug-likeness (QED) is 0.389. The summed E-state index contributed by atoms with van der Waals surface area (Å²) in [6.07, 6.45) is -5.25. The first-order chi connectivity index (χ1) is 14.6. The van der Waals surface area contributed by atoms with Gasteiger partial charge in [-0.15, -0.1) is 0 Å². The highest BCUT2D eigenvalue weighted by molar-refractivity contribution is 5.92. The predicted molar refractivity (Wildman–Crippen MR) is 112 cm³/mol. The van der Waals surface area contributed by atoms with Gasteiger partial charge in [-0.3, -0.25) is 9.98 Å². The Labute approximate surface area is 177 Å². The van der Waals surface area contributed by atoms with E-state index < -0.39 is 29.9 Å². The Morgan fingerprint density at radius 3 is 2.52 bits per heavy atom. The second-order valence-corrected chi connectivity index (χ2v) is 7.44. The molecule has 0 spiro atoms. The number of alkyl halides is 3. The molecule has 3 aromatic rings. The van der Waals surface area contributed by atoms with Gasteiger partial charge in [0.1, 0.15) is 0 Å². The van der Waals surface area contributed by atoms with Gasteiger partial charge in [0.15, 0.2) is 17.2 Å². The molecule has 0 bridgehead atoms. The molecule has 1 heterocycles. The molecule has 0 amide bonds. The third-order valence-electron chi connectivity index (χ3n) is 5.11. The van der Waals surface area contributed by atoms with Crippen LogP contribution in [0.25, 0.3) is 10.9 Å². The van der Waals surface area contributed by atoms with Crippen LogP contribution in [0.3, 0.4) is 0 Å². The number of aromatic nitrogens is 1. The molecule has 0 aliphatic heterocycles. The van der Waals surface area contributed by atoms with E-state index in [1.807, 2.05) is 0 Å². The zero-order valence-electron chi connectivity index (χ0n) is 17.2. The summed E-state index contributed by atoms with van der Waals surface area (Å²) < 4.78 is 60.5. The number of hydrogen-bond acceptors (Lipinski definition) is 4. The van der Waals surface area contributed by atoms with Crippen molar-refractivity contribution in [2.24, 2.45) is 4.99 Å². The van der Waals surface area contributed by atoms with Crippen LogP contribution in [-0.2, 0) is 0 Å². The van der Waals surface area contributed by atoms with Crippen LogP contribution in [0.2, 0.25) is 0 Å². The average molecular weight is 434 g/mol. The standard InChI is InChI=1S/C23H22F4N2O2/c1-14(16-6-4-7-18(24)21(16)31-3)12-22(30,23(25,26)27)13-28-19-8-5-9-20-17(19)11-10-15(2)29-20/h4-11,13-14,30H,12H2,1-3H3. The van der Waals surface area contributed by atoms with Crippen molar-refractivity contribution in [1.82, 2.24) is 4.98 Å². The van der Waals surface area contributed by atoms with Crippen LogP contribution in [0, 0.1) is 12.7 Å². The maximum Gasteiger partial charge on any atom is 0.422 e. The fourth-order valence-electron chi connectivity index (χ4n) is 3.48. The Morgan fingerprint density at radius 2 is 1.84 bits per heavy atom. The number of para-hydroxylation sites is 1. The number of nitrogens with zero attached hydrogens (tertiary/aromatic N) is 2. The van der Waals surface area contributed by atoms with E-state index in [0.29, 0.717) is 17.1 Å². The predicted octanol–water partition coefficient (Wildman–Crippen LogP) is 5.88. The van der Waals surface area contributed by atoms with Crippen LogP contribution in [0.1, 0.15) is 30.5 Å². The van der Waals surface area contributed by atoms with Gasteiger partial charge in [0.25, 0.3) is 0 Å². The number of benzene rings is 2. The topological polar surface area (TPSA) is 54.7 Å². The van der Waals surface area contributed by atoms with Crippen LogP contribution in [-0.4, -0.2) is 35.2 Å². The van der Waals surface area contributed by atoms with E-state index in [4.69, 9.17) is 4.74 Å². The molecule has 2 atom stereocenters. The Morgan fingerprint density at radius 1 is 1.13 bits per heavy atom. The number of hydrogen-bond donors (Lipinski definition) is 1. The summed E-state index contributed by atoms with van der Waals surface area (Å²) in [5.74, 6) is -1.71. The summed E-state index contributed by atoms with van der Waals surface area (Å²) >= 11 is 0. The number of aryl methyl sites for hydroxylation is 1. The molecule has 4 nitrogen and oxygen atoms in total. The molecule has 31 heavy (non-hydrogen) atoms. The highest BCUT2D eigenvalue weighted by Gasteiger charge is 2.53. The van der Waals surface area contributed by atoms with E-state index >= 15 is 0 Å². The molecule has 2 unspecified atom stereocenters. The van der Waals surface area contributed by atoms with Crippen LogP contribution in [0.4, 0.5) is 23.2 Å². The van der Waals surface area contributed by atoms with Crippen molar-refractivity contribution in [3.8, 4) is 5.75 Å². The van der Waals surface area contributed by atoms with E-state index in [1.54, 1.807) is 37.3 Å². The van der Waals surface area contributed by atoms with E-state index in [-0.39, 0.29) is 17.0 Å². The number of aliphatic imine (C=N–C) groups is 1. The third-order valence-corrected chi connectivity index (χ3v) is 5.11. The first-order valence-electron chi connectivity index (χ1n) is 9.59. The fraction of sp³-hybridized carbons (Fsp3) is 0.304. The number of aliphatic hydroxyl groups is 1. The zero-order chi connectivity index (χ0) is 22.8. The molecule has 1 N–H and O–H groups in total. The lowest BCUT2D eigenvalue weighted by molar-refractivity contribution is -0.231. The van der Waals surface area contributed by atoms with Crippen molar-refractivity contribution in [3.63, 3.8) is 0 Å². The van der Waals surface area contributed by atoms with Gasteiger partial charge in [0.2, 0.25) is 0 Å². The number of rotatable bonds is 6. The van der Waals surface area contributed by atoms with Crippen molar-refractivity contribution in [2.45, 2.75) is 38.0 Å². The van der Waals surface area contributed by atoms with Crippen molar-refractivity contribution in [1.29, 1.82) is 0 Å². The lowest BCUT2D eigenvalue weighted by atomic mass is 9.86. The first kappa shape index (κ1) is 22.7. The minimum absolute atomic E-state index is 0.146. The molecular formula is C23H22F4N2O2. The van der Waals surface area contributed by atoms with E-state index in [0.717, 1.165) is 11.8 Å². The highest BCUT2D eigenvalue weighted by atomic mass is 19.4. The molecule has 0 aliphatic carbocycles.